The maximum absolute atomic E-state index is 15.0. The van der Waals surface area contributed by atoms with Gasteiger partial charge in [-0.3, -0.25) is 4.79 Å². The highest BCUT2D eigenvalue weighted by molar-refractivity contribution is 5.66. The van der Waals surface area contributed by atoms with Crippen LogP contribution in [0.15, 0.2) is 18.2 Å². The van der Waals surface area contributed by atoms with Gasteiger partial charge in [-0.2, -0.15) is 0 Å². The number of carbonyl (C=O) groups is 1. The number of aromatic hydroxyl groups is 1. The number of phenols is 1. The Morgan fingerprint density at radius 3 is 2.81 bits per heavy atom. The van der Waals surface area contributed by atoms with Gasteiger partial charge in [-0.05, 0) is 79.0 Å². The van der Waals surface area contributed by atoms with Crippen molar-refractivity contribution in [3.05, 3.63) is 29.3 Å². The number of hydrogen-bond donors (Lipinski definition) is 2. The lowest BCUT2D eigenvalue weighted by Crippen LogP contribution is -2.47. The molecule has 1 aromatic rings. The van der Waals surface area contributed by atoms with Gasteiger partial charge in [0, 0.05) is 18.3 Å². The minimum absolute atomic E-state index is 0.0326. The number of carboxylic acid groups (broad SMARTS) is 1. The first-order valence-electron chi connectivity index (χ1n) is 9.64. The fraction of sp³-hybridized carbons (Fsp3) is 0.667. The number of hydrogen-bond acceptors (Lipinski definition) is 2. The third kappa shape index (κ3) is 2.54. The molecule has 3 aliphatic carbocycles. The van der Waals surface area contributed by atoms with E-state index in [0.717, 1.165) is 24.8 Å². The molecule has 4 rings (SSSR count). The summed E-state index contributed by atoms with van der Waals surface area (Å²) in [5.41, 5.74) is 1.32. The molecule has 0 radical (unpaired) electrons. The first-order chi connectivity index (χ1) is 12.2. The summed E-state index contributed by atoms with van der Waals surface area (Å²) in [5.74, 6) is -3.29. The van der Waals surface area contributed by atoms with Crippen LogP contribution in [-0.4, -0.2) is 22.1 Å². The average molecular weight is 364 g/mol. The van der Waals surface area contributed by atoms with E-state index < -0.39 is 17.3 Å². The molecular weight excluding hydrogens is 338 g/mol. The minimum Gasteiger partial charge on any atom is -0.508 e. The number of alkyl halides is 2. The van der Waals surface area contributed by atoms with Crippen LogP contribution in [0.25, 0.3) is 0 Å². The number of fused-ring (bicyclic) bond motifs is 5. The van der Waals surface area contributed by atoms with Crippen LogP contribution in [-0.2, 0) is 11.2 Å². The zero-order chi connectivity index (χ0) is 18.7. The second-order valence-electron chi connectivity index (χ2n) is 8.78. The van der Waals surface area contributed by atoms with Crippen LogP contribution in [0.3, 0.4) is 0 Å². The molecule has 0 amide bonds. The van der Waals surface area contributed by atoms with Crippen LogP contribution < -0.4 is 0 Å². The van der Waals surface area contributed by atoms with Gasteiger partial charge in [0.15, 0.2) is 0 Å². The largest absolute Gasteiger partial charge is 0.508 e. The predicted octanol–water partition coefficient (Wildman–Crippen LogP) is 4.97. The maximum Gasteiger partial charge on any atom is 0.303 e. The standard InChI is InChI=1S/C21H26F2O3/c1-20-9-8-16-15-6-4-14(24)10-12(15)2-5-17(16)19(20)13(3-7-18(25)26)11-21(20,22)23/h4,6,10,13,16-17,19,24H,2-3,5,7-9,11H2,1H3,(H,25,26)/t13?,16-,17?,19+,20+/m1/s1. The summed E-state index contributed by atoms with van der Waals surface area (Å²) in [6.07, 6.45) is 3.02. The highest BCUT2D eigenvalue weighted by Gasteiger charge is 2.67. The molecule has 3 nitrogen and oxygen atoms in total. The van der Waals surface area contributed by atoms with Gasteiger partial charge in [-0.1, -0.05) is 13.0 Å². The van der Waals surface area contributed by atoms with Crippen LogP contribution in [0.5, 0.6) is 5.75 Å². The van der Waals surface area contributed by atoms with Gasteiger partial charge in [-0.15, -0.1) is 0 Å². The Morgan fingerprint density at radius 1 is 1.31 bits per heavy atom. The first-order valence-corrected chi connectivity index (χ1v) is 9.64. The van der Waals surface area contributed by atoms with Gasteiger partial charge < -0.3 is 10.2 Å². The highest BCUT2D eigenvalue weighted by atomic mass is 19.3. The van der Waals surface area contributed by atoms with Gasteiger partial charge in [0.1, 0.15) is 5.75 Å². The Labute approximate surface area is 152 Å². The molecule has 0 aromatic heterocycles. The number of halogens is 2. The molecule has 1 aromatic carbocycles. The molecule has 3 aliphatic rings. The molecular formula is C21H26F2O3. The lowest BCUT2D eigenvalue weighted by Gasteiger charge is -2.51. The Balaban J connectivity index is 1.69. The number of rotatable bonds is 3. The first kappa shape index (κ1) is 17.7. The van der Waals surface area contributed by atoms with Crippen molar-refractivity contribution in [2.45, 2.75) is 63.7 Å². The zero-order valence-electron chi connectivity index (χ0n) is 15.0. The van der Waals surface area contributed by atoms with Crippen LogP contribution in [0.4, 0.5) is 8.78 Å². The maximum atomic E-state index is 15.0. The fourth-order valence-electron chi connectivity index (χ4n) is 6.39. The van der Waals surface area contributed by atoms with E-state index in [1.165, 1.54) is 5.56 Å². The summed E-state index contributed by atoms with van der Waals surface area (Å²) in [7, 11) is 0. The van der Waals surface area contributed by atoms with Crippen LogP contribution in [0, 0.1) is 23.2 Å². The van der Waals surface area contributed by atoms with E-state index >= 15 is 0 Å². The smallest absolute Gasteiger partial charge is 0.303 e. The van der Waals surface area contributed by atoms with E-state index in [4.69, 9.17) is 5.11 Å². The van der Waals surface area contributed by atoms with Crippen LogP contribution in [0.1, 0.15) is 62.5 Å². The number of phenolic OH excluding ortho intramolecular Hbond substituents is 1. The minimum atomic E-state index is -2.72. The SMILES string of the molecule is C[C@]12CC[C@@H]3c4ccc(O)cc4CCC3[C@@H]1C(CCC(=O)O)CC2(F)F. The highest BCUT2D eigenvalue weighted by Crippen LogP contribution is 2.68. The molecule has 2 N–H and O–H groups in total. The molecule has 2 unspecified atom stereocenters. The summed E-state index contributed by atoms with van der Waals surface area (Å²) < 4.78 is 29.9. The van der Waals surface area contributed by atoms with Crippen molar-refractivity contribution in [1.29, 1.82) is 0 Å². The van der Waals surface area contributed by atoms with Gasteiger partial charge in [0.2, 0.25) is 0 Å². The Morgan fingerprint density at radius 2 is 2.08 bits per heavy atom. The summed E-state index contributed by atoms with van der Waals surface area (Å²) in [5, 5.41) is 18.8. The number of aryl methyl sites for hydroxylation is 1. The molecule has 2 fully saturated rings. The monoisotopic (exact) mass is 364 g/mol. The summed E-state index contributed by atoms with van der Waals surface area (Å²) >= 11 is 0. The molecule has 2 saturated carbocycles. The second-order valence-corrected chi connectivity index (χ2v) is 8.78. The number of carboxylic acids is 1. The molecule has 5 heteroatoms. The topological polar surface area (TPSA) is 57.5 Å². The molecule has 0 bridgehead atoms. The summed E-state index contributed by atoms with van der Waals surface area (Å²) in [4.78, 5) is 11.0. The quantitative estimate of drug-likeness (QED) is 0.796. The molecule has 5 atom stereocenters. The Hall–Kier alpha value is -1.65. The van der Waals surface area contributed by atoms with Gasteiger partial charge in [0.25, 0.3) is 5.92 Å². The fourth-order valence-corrected chi connectivity index (χ4v) is 6.39. The van der Waals surface area contributed by atoms with E-state index in [1.54, 1.807) is 13.0 Å². The molecule has 0 aliphatic heterocycles. The molecule has 0 saturated heterocycles. The average Bonchev–Trinajstić information content (AvgIpc) is 2.78. The van der Waals surface area contributed by atoms with Crippen LogP contribution in [0.2, 0.25) is 0 Å². The van der Waals surface area contributed by atoms with Gasteiger partial charge in [-0.25, -0.2) is 8.78 Å². The van der Waals surface area contributed by atoms with E-state index in [0.29, 0.717) is 12.8 Å². The Kier molecular flexibility index (Phi) is 4.05. The van der Waals surface area contributed by atoms with E-state index in [9.17, 15) is 18.7 Å². The van der Waals surface area contributed by atoms with Crippen molar-refractivity contribution in [3.63, 3.8) is 0 Å². The molecule has 142 valence electrons. The van der Waals surface area contributed by atoms with E-state index in [-0.39, 0.29) is 42.3 Å². The van der Waals surface area contributed by atoms with Crippen molar-refractivity contribution < 1.29 is 23.8 Å². The van der Waals surface area contributed by atoms with E-state index in [2.05, 4.69) is 0 Å². The van der Waals surface area contributed by atoms with Gasteiger partial charge >= 0.3 is 5.97 Å². The van der Waals surface area contributed by atoms with Crippen molar-refractivity contribution in [3.8, 4) is 5.75 Å². The summed E-state index contributed by atoms with van der Waals surface area (Å²) in [6, 6.07) is 5.47. The van der Waals surface area contributed by atoms with Crippen molar-refractivity contribution in [1.82, 2.24) is 0 Å². The van der Waals surface area contributed by atoms with Crippen molar-refractivity contribution in [2.75, 3.05) is 0 Å². The van der Waals surface area contributed by atoms with Gasteiger partial charge in [0.05, 0.1) is 0 Å². The lowest BCUT2D eigenvalue weighted by molar-refractivity contribution is -0.137. The Bertz CT molecular complexity index is 732. The predicted molar refractivity (Wildman–Crippen MR) is 93.4 cm³/mol. The third-order valence-electron chi connectivity index (χ3n) is 7.55. The van der Waals surface area contributed by atoms with Crippen molar-refractivity contribution >= 4 is 5.97 Å². The molecule has 0 heterocycles. The normalized spacial score (nSPS) is 37.5. The summed E-state index contributed by atoms with van der Waals surface area (Å²) in [6.45, 7) is 1.74. The van der Waals surface area contributed by atoms with Crippen LogP contribution >= 0.6 is 0 Å². The lowest BCUT2D eigenvalue weighted by atomic mass is 9.53. The number of aliphatic carboxylic acids is 1. The molecule has 0 spiro atoms. The van der Waals surface area contributed by atoms with Crippen molar-refractivity contribution in [2.24, 2.45) is 23.2 Å². The molecule has 26 heavy (non-hydrogen) atoms. The number of benzene rings is 1. The zero-order valence-corrected chi connectivity index (χ0v) is 15.0. The second kappa shape index (κ2) is 5.93. The van der Waals surface area contributed by atoms with E-state index in [1.807, 2.05) is 12.1 Å². The third-order valence-corrected chi connectivity index (χ3v) is 7.55.